The molecule has 21 heavy (non-hydrogen) atoms. The number of aliphatic hydroxyl groups excluding tert-OH is 1. The van der Waals surface area contributed by atoms with E-state index in [9.17, 15) is 10.4 Å². The fraction of sp³-hybridized carbons (Fsp3) is 0.211. The predicted octanol–water partition coefficient (Wildman–Crippen LogP) is 3.62. The van der Waals surface area contributed by atoms with Gasteiger partial charge in [-0.3, -0.25) is 0 Å². The molecular formula is C19H17NO. The average Bonchev–Trinajstić information content (AvgIpc) is 2.70. The molecule has 2 nitrogen and oxygen atoms in total. The maximum Gasteiger partial charge on any atom is 0.0950 e. The highest BCUT2D eigenvalue weighted by atomic mass is 16.3. The predicted molar refractivity (Wildman–Crippen MR) is 83.5 cm³/mol. The van der Waals surface area contributed by atoms with Crippen LogP contribution in [-0.4, -0.2) is 5.11 Å². The van der Waals surface area contributed by atoms with E-state index in [0.717, 1.165) is 40.7 Å². The van der Waals surface area contributed by atoms with Crippen LogP contribution in [0, 0.1) is 11.3 Å². The van der Waals surface area contributed by atoms with E-state index in [4.69, 9.17) is 0 Å². The number of nitrogens with zero attached hydrogens (tertiary/aromatic N) is 1. The number of hydrogen-bond acceptors (Lipinski definition) is 2. The number of benzene rings is 2. The lowest BCUT2D eigenvalue weighted by Crippen LogP contribution is -1.96. The molecule has 0 spiro atoms. The van der Waals surface area contributed by atoms with E-state index < -0.39 is 0 Å². The van der Waals surface area contributed by atoms with Gasteiger partial charge in [-0.25, -0.2) is 0 Å². The zero-order valence-electron chi connectivity index (χ0n) is 12.1. The third kappa shape index (κ3) is 2.37. The van der Waals surface area contributed by atoms with Crippen LogP contribution in [0.5, 0.6) is 0 Å². The Labute approximate surface area is 125 Å². The Balaban J connectivity index is 2.30. The molecule has 0 atom stereocenters. The van der Waals surface area contributed by atoms with E-state index in [1.165, 1.54) is 11.1 Å². The first-order valence-corrected chi connectivity index (χ1v) is 7.17. The second-order valence-electron chi connectivity index (χ2n) is 5.42. The molecule has 2 aromatic rings. The number of nitriles is 1. The molecule has 0 aliphatic heterocycles. The Hall–Kier alpha value is -2.37. The number of rotatable bonds is 1. The van der Waals surface area contributed by atoms with Crippen LogP contribution in [0.3, 0.4) is 0 Å². The molecule has 1 N–H and O–H groups in total. The highest BCUT2D eigenvalue weighted by Gasteiger charge is 2.20. The molecule has 104 valence electrons. The summed E-state index contributed by atoms with van der Waals surface area (Å²) in [5.74, 6) is 0. The number of fused-ring (bicyclic) bond motifs is 2. The van der Waals surface area contributed by atoms with Gasteiger partial charge in [0.05, 0.1) is 12.7 Å². The number of allylic oxidation sites excluding steroid dienone is 1. The maximum atomic E-state index is 9.38. The molecule has 0 bridgehead atoms. The van der Waals surface area contributed by atoms with E-state index in [1.807, 2.05) is 31.2 Å². The topological polar surface area (TPSA) is 44.0 Å². The van der Waals surface area contributed by atoms with Crippen molar-refractivity contribution in [2.45, 2.75) is 26.4 Å². The first kappa shape index (κ1) is 13.6. The zero-order chi connectivity index (χ0) is 14.8. The minimum Gasteiger partial charge on any atom is -0.392 e. The summed E-state index contributed by atoms with van der Waals surface area (Å²) in [5, 5.41) is 18.7. The summed E-state index contributed by atoms with van der Waals surface area (Å²) in [5.41, 5.74) is 7.47. The van der Waals surface area contributed by atoms with Gasteiger partial charge < -0.3 is 5.11 Å². The van der Waals surface area contributed by atoms with Crippen LogP contribution in [0.1, 0.15) is 34.7 Å². The average molecular weight is 275 g/mol. The van der Waals surface area contributed by atoms with Crippen molar-refractivity contribution in [2.24, 2.45) is 0 Å². The Morgan fingerprint density at radius 1 is 1.10 bits per heavy atom. The fourth-order valence-electron chi connectivity index (χ4n) is 3.05. The monoisotopic (exact) mass is 275 g/mol. The van der Waals surface area contributed by atoms with Gasteiger partial charge in [0.25, 0.3) is 0 Å². The molecule has 2 heteroatoms. The van der Waals surface area contributed by atoms with E-state index in [0.29, 0.717) is 0 Å². The number of aliphatic hydroxyl groups is 1. The first-order valence-electron chi connectivity index (χ1n) is 7.17. The van der Waals surface area contributed by atoms with E-state index >= 15 is 0 Å². The lowest BCUT2D eigenvalue weighted by molar-refractivity contribution is 0.281. The van der Waals surface area contributed by atoms with Gasteiger partial charge in [0.2, 0.25) is 0 Å². The molecule has 1 aliphatic carbocycles. The molecular weight excluding hydrogens is 258 g/mol. The van der Waals surface area contributed by atoms with E-state index in [1.54, 1.807) is 0 Å². The maximum absolute atomic E-state index is 9.38. The molecule has 0 saturated carbocycles. The Morgan fingerprint density at radius 3 is 2.57 bits per heavy atom. The van der Waals surface area contributed by atoms with Crippen LogP contribution >= 0.6 is 0 Å². The largest absolute Gasteiger partial charge is 0.392 e. The van der Waals surface area contributed by atoms with Crippen LogP contribution in [0.15, 0.2) is 48.0 Å². The van der Waals surface area contributed by atoms with E-state index in [-0.39, 0.29) is 6.61 Å². The lowest BCUT2D eigenvalue weighted by Gasteiger charge is -2.13. The Bertz CT molecular complexity index is 765. The third-order valence-corrected chi connectivity index (χ3v) is 4.11. The summed E-state index contributed by atoms with van der Waals surface area (Å²) >= 11 is 0. The van der Waals surface area contributed by atoms with Gasteiger partial charge in [-0.15, -0.1) is 0 Å². The SMILES string of the molecule is CC(C#N)=C1c2ccccc2CCc2cc(CO)ccc21. The lowest BCUT2D eigenvalue weighted by atomic mass is 9.90. The third-order valence-electron chi connectivity index (χ3n) is 4.11. The van der Waals surface area contributed by atoms with Crippen molar-refractivity contribution in [3.63, 3.8) is 0 Å². The molecule has 0 heterocycles. The Kier molecular flexibility index (Phi) is 3.60. The van der Waals surface area contributed by atoms with Crippen molar-refractivity contribution in [3.05, 3.63) is 75.9 Å². The summed E-state index contributed by atoms with van der Waals surface area (Å²) in [4.78, 5) is 0. The van der Waals surface area contributed by atoms with Gasteiger partial charge in [-0.1, -0.05) is 42.5 Å². The van der Waals surface area contributed by atoms with Crippen molar-refractivity contribution in [2.75, 3.05) is 0 Å². The first-order chi connectivity index (χ1) is 10.2. The van der Waals surface area contributed by atoms with Gasteiger partial charge in [-0.2, -0.15) is 5.26 Å². The standard InChI is InChI=1S/C19H17NO/c1-13(11-20)19-17-5-3-2-4-15(17)7-8-16-10-14(12-21)6-9-18(16)19/h2-6,9-10,21H,7-8,12H2,1H3. The van der Waals surface area contributed by atoms with Gasteiger partial charge in [0.15, 0.2) is 0 Å². The van der Waals surface area contributed by atoms with Crippen LogP contribution in [0.2, 0.25) is 0 Å². The minimum absolute atomic E-state index is 0.0521. The van der Waals surface area contributed by atoms with Crippen LogP contribution in [0.4, 0.5) is 0 Å². The Morgan fingerprint density at radius 2 is 1.81 bits per heavy atom. The summed E-state index contributed by atoms with van der Waals surface area (Å²) in [6, 6.07) is 16.7. The molecule has 0 fully saturated rings. The molecule has 2 aromatic carbocycles. The molecule has 0 unspecified atom stereocenters. The molecule has 1 aliphatic rings. The molecule has 0 saturated heterocycles. The van der Waals surface area contributed by atoms with Crippen molar-refractivity contribution in [3.8, 4) is 6.07 Å². The van der Waals surface area contributed by atoms with Gasteiger partial charge in [-0.05, 0) is 47.6 Å². The van der Waals surface area contributed by atoms with Crippen LogP contribution < -0.4 is 0 Å². The number of hydrogen-bond donors (Lipinski definition) is 1. The molecule has 0 radical (unpaired) electrons. The minimum atomic E-state index is 0.0521. The normalized spacial score (nSPS) is 15.5. The van der Waals surface area contributed by atoms with Crippen molar-refractivity contribution < 1.29 is 5.11 Å². The molecule has 0 aromatic heterocycles. The van der Waals surface area contributed by atoms with Crippen LogP contribution in [0.25, 0.3) is 5.57 Å². The second kappa shape index (κ2) is 5.55. The molecule has 0 amide bonds. The quantitative estimate of drug-likeness (QED) is 0.808. The summed E-state index contributed by atoms with van der Waals surface area (Å²) in [6.45, 7) is 1.93. The highest BCUT2D eigenvalue weighted by molar-refractivity contribution is 5.87. The number of aryl methyl sites for hydroxylation is 2. The summed E-state index contributed by atoms with van der Waals surface area (Å²) < 4.78 is 0. The molecule has 3 rings (SSSR count). The zero-order valence-corrected chi connectivity index (χ0v) is 12.1. The van der Waals surface area contributed by atoms with Gasteiger partial charge in [0.1, 0.15) is 0 Å². The van der Waals surface area contributed by atoms with Crippen molar-refractivity contribution >= 4 is 5.57 Å². The highest BCUT2D eigenvalue weighted by Crippen LogP contribution is 2.35. The van der Waals surface area contributed by atoms with Gasteiger partial charge in [0, 0.05) is 11.1 Å². The van der Waals surface area contributed by atoms with Crippen molar-refractivity contribution in [1.29, 1.82) is 5.26 Å². The van der Waals surface area contributed by atoms with Crippen LogP contribution in [-0.2, 0) is 19.4 Å². The summed E-state index contributed by atoms with van der Waals surface area (Å²) in [6.07, 6.45) is 1.89. The van der Waals surface area contributed by atoms with Gasteiger partial charge >= 0.3 is 0 Å². The van der Waals surface area contributed by atoms with E-state index in [2.05, 4.69) is 24.3 Å². The smallest absolute Gasteiger partial charge is 0.0950 e. The van der Waals surface area contributed by atoms with Crippen molar-refractivity contribution in [1.82, 2.24) is 0 Å². The second-order valence-corrected chi connectivity index (χ2v) is 5.42. The fourth-order valence-corrected chi connectivity index (χ4v) is 3.05. The summed E-state index contributed by atoms with van der Waals surface area (Å²) in [7, 11) is 0.